The molecule has 0 aliphatic carbocycles. The van der Waals surface area contributed by atoms with Crippen LogP contribution in [0.4, 0.5) is 0 Å². The largest absolute Gasteiger partial charge is 0.387 e. The zero-order valence-electron chi connectivity index (χ0n) is 7.74. The second-order valence-corrected chi connectivity index (χ2v) is 3.55. The van der Waals surface area contributed by atoms with E-state index in [0.29, 0.717) is 0 Å². The van der Waals surface area contributed by atoms with Gasteiger partial charge in [0.05, 0.1) is 6.61 Å². The quantitative estimate of drug-likeness (QED) is 0.433. The predicted molar refractivity (Wildman–Crippen MR) is 43.2 cm³/mol. The zero-order chi connectivity index (χ0) is 10.3. The van der Waals surface area contributed by atoms with Crippen LogP contribution >= 0.6 is 0 Å². The van der Waals surface area contributed by atoms with Crippen molar-refractivity contribution in [2.24, 2.45) is 0 Å². The van der Waals surface area contributed by atoms with Crippen LogP contribution in [-0.4, -0.2) is 58.9 Å². The van der Waals surface area contributed by atoms with E-state index in [4.69, 9.17) is 14.2 Å². The fraction of sp³-hybridized carbons (Fsp3) is 1.00. The third-order valence-corrected chi connectivity index (χ3v) is 2.50. The molecule has 14 heavy (non-hydrogen) atoms. The molecule has 2 aliphatic rings. The van der Waals surface area contributed by atoms with Crippen molar-refractivity contribution in [3.8, 4) is 0 Å². The molecule has 82 valence electrons. The van der Waals surface area contributed by atoms with Crippen LogP contribution < -0.4 is 0 Å². The SMILES string of the molecule is CC1OCC2OC(O)C(O)[C@@H](O)C2O1. The molecule has 0 spiro atoms. The number of aliphatic hydroxyl groups excluding tert-OH is 3. The normalized spacial score (nSPS) is 54.0. The molecule has 2 rings (SSSR count). The lowest BCUT2D eigenvalue weighted by Crippen LogP contribution is -2.62. The summed E-state index contributed by atoms with van der Waals surface area (Å²) < 4.78 is 15.4. The highest BCUT2D eigenvalue weighted by Gasteiger charge is 2.47. The van der Waals surface area contributed by atoms with Crippen molar-refractivity contribution in [2.75, 3.05) is 6.61 Å². The summed E-state index contributed by atoms with van der Waals surface area (Å²) in [7, 11) is 0. The molecule has 0 amide bonds. The molecule has 0 bridgehead atoms. The summed E-state index contributed by atoms with van der Waals surface area (Å²) >= 11 is 0. The van der Waals surface area contributed by atoms with Crippen molar-refractivity contribution in [3.63, 3.8) is 0 Å². The molecule has 6 heteroatoms. The molecule has 0 aromatic heterocycles. The molecule has 0 saturated carbocycles. The Bertz CT molecular complexity index is 208. The van der Waals surface area contributed by atoms with Crippen LogP contribution in [0.15, 0.2) is 0 Å². The summed E-state index contributed by atoms with van der Waals surface area (Å²) in [6, 6.07) is 0. The zero-order valence-corrected chi connectivity index (χ0v) is 7.74. The van der Waals surface area contributed by atoms with Crippen LogP contribution in [0.25, 0.3) is 0 Å². The number of rotatable bonds is 0. The lowest BCUT2D eigenvalue weighted by molar-refractivity contribution is -0.348. The van der Waals surface area contributed by atoms with Crippen LogP contribution in [0, 0.1) is 0 Å². The van der Waals surface area contributed by atoms with Crippen molar-refractivity contribution >= 4 is 0 Å². The van der Waals surface area contributed by atoms with Gasteiger partial charge in [-0.3, -0.25) is 0 Å². The van der Waals surface area contributed by atoms with E-state index in [0.717, 1.165) is 0 Å². The smallest absolute Gasteiger partial charge is 0.184 e. The first-order valence-electron chi connectivity index (χ1n) is 4.56. The molecule has 0 radical (unpaired) electrons. The average Bonchev–Trinajstić information content (AvgIpc) is 2.16. The van der Waals surface area contributed by atoms with Gasteiger partial charge in [0.2, 0.25) is 0 Å². The fourth-order valence-corrected chi connectivity index (χ4v) is 1.71. The third-order valence-electron chi connectivity index (χ3n) is 2.50. The second-order valence-electron chi connectivity index (χ2n) is 3.55. The molecular weight excluding hydrogens is 192 g/mol. The molecule has 0 aromatic carbocycles. The maximum Gasteiger partial charge on any atom is 0.184 e. The van der Waals surface area contributed by atoms with Crippen LogP contribution in [0.1, 0.15) is 6.92 Å². The Balaban J connectivity index is 2.08. The average molecular weight is 206 g/mol. The van der Waals surface area contributed by atoms with E-state index in [1.165, 1.54) is 0 Å². The van der Waals surface area contributed by atoms with Gasteiger partial charge >= 0.3 is 0 Å². The van der Waals surface area contributed by atoms with Gasteiger partial charge in [0.15, 0.2) is 12.6 Å². The maximum atomic E-state index is 9.59. The van der Waals surface area contributed by atoms with Crippen LogP contribution in [0.2, 0.25) is 0 Å². The standard InChI is InChI=1S/C8H14O6/c1-3-12-2-4-7(13-3)5(9)6(10)8(11)14-4/h3-11H,2H2,1H3/t3?,4?,5-,6?,7?,8?/m1/s1. The molecule has 2 fully saturated rings. The fourth-order valence-electron chi connectivity index (χ4n) is 1.71. The molecule has 2 heterocycles. The van der Waals surface area contributed by atoms with Gasteiger partial charge in [-0.25, -0.2) is 0 Å². The van der Waals surface area contributed by atoms with Crippen molar-refractivity contribution in [3.05, 3.63) is 0 Å². The van der Waals surface area contributed by atoms with E-state index in [2.05, 4.69) is 0 Å². The molecule has 2 aliphatic heterocycles. The minimum atomic E-state index is -1.38. The minimum Gasteiger partial charge on any atom is -0.387 e. The van der Waals surface area contributed by atoms with Gasteiger partial charge in [0.25, 0.3) is 0 Å². The highest BCUT2D eigenvalue weighted by molar-refractivity contribution is 4.91. The minimum absolute atomic E-state index is 0.243. The van der Waals surface area contributed by atoms with Crippen LogP contribution in [0.3, 0.4) is 0 Å². The Kier molecular flexibility index (Phi) is 2.74. The summed E-state index contributed by atoms with van der Waals surface area (Å²) in [5.41, 5.74) is 0. The number of fused-ring (bicyclic) bond motifs is 1. The van der Waals surface area contributed by atoms with Gasteiger partial charge in [0.1, 0.15) is 24.4 Å². The van der Waals surface area contributed by atoms with Crippen molar-refractivity contribution < 1.29 is 29.5 Å². The van der Waals surface area contributed by atoms with E-state index in [9.17, 15) is 15.3 Å². The monoisotopic (exact) mass is 206 g/mol. The molecule has 6 nitrogen and oxygen atoms in total. The molecule has 5 unspecified atom stereocenters. The Morgan fingerprint density at radius 3 is 2.50 bits per heavy atom. The van der Waals surface area contributed by atoms with Crippen molar-refractivity contribution in [2.45, 2.75) is 43.9 Å². The number of aliphatic hydroxyl groups is 3. The van der Waals surface area contributed by atoms with Gasteiger partial charge in [-0.2, -0.15) is 0 Å². The number of hydrogen-bond acceptors (Lipinski definition) is 6. The van der Waals surface area contributed by atoms with Crippen LogP contribution in [-0.2, 0) is 14.2 Å². The van der Waals surface area contributed by atoms with Crippen molar-refractivity contribution in [1.29, 1.82) is 0 Å². The summed E-state index contributed by atoms with van der Waals surface area (Å²) in [6.07, 6.45) is -5.46. The molecule has 3 N–H and O–H groups in total. The number of ether oxygens (including phenoxy) is 3. The third kappa shape index (κ3) is 1.65. The lowest BCUT2D eigenvalue weighted by Gasteiger charge is -2.44. The highest BCUT2D eigenvalue weighted by Crippen LogP contribution is 2.27. The summed E-state index contributed by atoms with van der Waals surface area (Å²) in [6.45, 7) is 1.94. The van der Waals surface area contributed by atoms with Gasteiger partial charge in [-0.05, 0) is 6.92 Å². The first-order valence-corrected chi connectivity index (χ1v) is 4.56. The first kappa shape index (κ1) is 10.3. The Morgan fingerprint density at radius 1 is 1.07 bits per heavy atom. The van der Waals surface area contributed by atoms with E-state index in [1.807, 2.05) is 0 Å². The second kappa shape index (κ2) is 3.73. The molecule has 0 aromatic rings. The highest BCUT2D eigenvalue weighted by atomic mass is 16.7. The molecule has 2 saturated heterocycles. The van der Waals surface area contributed by atoms with E-state index in [1.54, 1.807) is 6.92 Å². The van der Waals surface area contributed by atoms with E-state index in [-0.39, 0.29) is 6.61 Å². The first-order chi connectivity index (χ1) is 6.59. The summed E-state index contributed by atoms with van der Waals surface area (Å²) in [4.78, 5) is 0. The van der Waals surface area contributed by atoms with Crippen LogP contribution in [0.5, 0.6) is 0 Å². The van der Waals surface area contributed by atoms with Crippen molar-refractivity contribution in [1.82, 2.24) is 0 Å². The number of hydrogen-bond donors (Lipinski definition) is 3. The van der Waals surface area contributed by atoms with Gasteiger partial charge in [-0.1, -0.05) is 0 Å². The van der Waals surface area contributed by atoms with Gasteiger partial charge in [0, 0.05) is 0 Å². The Labute approximate surface area is 81.0 Å². The van der Waals surface area contributed by atoms with Gasteiger partial charge in [-0.15, -0.1) is 0 Å². The Hall–Kier alpha value is -0.240. The summed E-state index contributed by atoms with van der Waals surface area (Å²) in [5.74, 6) is 0. The van der Waals surface area contributed by atoms with Gasteiger partial charge < -0.3 is 29.5 Å². The van der Waals surface area contributed by atoms with E-state index < -0.39 is 37.0 Å². The molecular formula is C8H14O6. The Morgan fingerprint density at radius 2 is 1.79 bits per heavy atom. The topological polar surface area (TPSA) is 88.4 Å². The predicted octanol–water partition coefficient (Wildman–Crippen LogP) is -1.81. The van der Waals surface area contributed by atoms with E-state index >= 15 is 0 Å². The maximum absolute atomic E-state index is 9.59. The lowest BCUT2D eigenvalue weighted by atomic mass is 9.98. The molecule has 6 atom stereocenters. The summed E-state index contributed by atoms with van der Waals surface area (Å²) in [5, 5.41) is 28.1.